The van der Waals surface area contributed by atoms with E-state index in [0.717, 1.165) is 43.9 Å². The van der Waals surface area contributed by atoms with Crippen molar-refractivity contribution < 1.29 is 30.0 Å². The maximum absolute atomic E-state index is 13.3. The van der Waals surface area contributed by atoms with Crippen LogP contribution in [0, 0.1) is 0 Å². The predicted molar refractivity (Wildman–Crippen MR) is 154 cm³/mol. The molecule has 41 heavy (non-hydrogen) atoms. The monoisotopic (exact) mass is 559 g/mol. The summed E-state index contributed by atoms with van der Waals surface area (Å²) in [5.74, 6) is -1.43. The number of nitrogens with zero attached hydrogens (tertiary/aromatic N) is 3. The number of rotatable bonds is 8. The second-order valence-electron chi connectivity index (χ2n) is 11.4. The number of phenols is 2. The molecule has 2 aliphatic heterocycles. The van der Waals surface area contributed by atoms with Crippen LogP contribution < -0.4 is 0 Å². The highest BCUT2D eigenvalue weighted by Crippen LogP contribution is 2.34. The number of aromatic hydroxyl groups is 2. The molecule has 9 heteroatoms. The van der Waals surface area contributed by atoms with Gasteiger partial charge in [-0.1, -0.05) is 44.2 Å². The van der Waals surface area contributed by atoms with Gasteiger partial charge in [0, 0.05) is 58.4 Å². The number of fused-ring (bicyclic) bond motifs is 1. The molecule has 5 rings (SSSR count). The zero-order valence-corrected chi connectivity index (χ0v) is 23.5. The first kappa shape index (κ1) is 28.6. The van der Waals surface area contributed by atoms with Gasteiger partial charge in [0.1, 0.15) is 11.5 Å². The van der Waals surface area contributed by atoms with E-state index in [1.807, 2.05) is 13.8 Å². The van der Waals surface area contributed by atoms with Crippen molar-refractivity contribution in [1.29, 1.82) is 0 Å². The van der Waals surface area contributed by atoms with Crippen molar-refractivity contribution in [3.63, 3.8) is 0 Å². The number of amides is 1. The van der Waals surface area contributed by atoms with E-state index >= 15 is 0 Å². The van der Waals surface area contributed by atoms with Gasteiger partial charge >= 0.3 is 5.97 Å². The molecule has 3 aromatic carbocycles. The molecule has 1 unspecified atom stereocenters. The van der Waals surface area contributed by atoms with Crippen molar-refractivity contribution >= 4 is 11.9 Å². The van der Waals surface area contributed by atoms with Crippen LogP contribution in [0.5, 0.6) is 11.5 Å². The van der Waals surface area contributed by atoms with Crippen molar-refractivity contribution in [2.75, 3.05) is 32.7 Å². The number of aliphatic hydroxyl groups excluding tert-OH is 1. The van der Waals surface area contributed by atoms with Gasteiger partial charge < -0.3 is 25.3 Å². The summed E-state index contributed by atoms with van der Waals surface area (Å²) in [5.41, 5.74) is 5.14. The highest BCUT2D eigenvalue weighted by atomic mass is 16.4. The van der Waals surface area contributed by atoms with Gasteiger partial charge in [0.25, 0.3) is 5.91 Å². The Labute approximate surface area is 239 Å². The number of β-amino-alcohol motifs (C(OH)–C–C–N with tert-alkyl or cyclic N) is 1. The lowest BCUT2D eigenvalue weighted by atomic mass is 9.98. The maximum Gasteiger partial charge on any atom is 0.335 e. The summed E-state index contributed by atoms with van der Waals surface area (Å²) >= 11 is 0. The van der Waals surface area contributed by atoms with E-state index in [4.69, 9.17) is 5.11 Å². The van der Waals surface area contributed by atoms with E-state index in [0.29, 0.717) is 30.8 Å². The zero-order chi connectivity index (χ0) is 29.3. The van der Waals surface area contributed by atoms with Crippen LogP contribution in [0.25, 0.3) is 0 Å². The first-order valence-corrected chi connectivity index (χ1v) is 14.0. The smallest absolute Gasteiger partial charge is 0.335 e. The minimum Gasteiger partial charge on any atom is -0.508 e. The van der Waals surface area contributed by atoms with E-state index in [9.17, 15) is 24.9 Å². The third-order valence-corrected chi connectivity index (χ3v) is 8.12. The minimum atomic E-state index is -0.981. The molecule has 0 aromatic heterocycles. The number of aliphatic hydroxyl groups is 1. The lowest BCUT2D eigenvalue weighted by molar-refractivity contribution is 0.0686. The molecule has 3 aromatic rings. The van der Waals surface area contributed by atoms with E-state index < -0.39 is 12.1 Å². The molecule has 1 fully saturated rings. The third kappa shape index (κ3) is 6.37. The SMILES string of the molecule is CC(C)c1cc(C(=O)N2Cc3ccc(CN4CCN(CC(O)c5ccc(C(=O)O)cc5)CC4)cc3C2)c(O)cc1O. The number of piperazine rings is 1. The van der Waals surface area contributed by atoms with Gasteiger partial charge in [0.2, 0.25) is 0 Å². The van der Waals surface area contributed by atoms with E-state index in [-0.39, 0.29) is 34.5 Å². The first-order valence-electron chi connectivity index (χ1n) is 14.0. The number of carbonyl (C=O) groups is 2. The number of phenolic OH excluding ortho intramolecular Hbond substituents is 2. The van der Waals surface area contributed by atoms with E-state index in [1.54, 1.807) is 23.1 Å². The first-order chi connectivity index (χ1) is 19.6. The van der Waals surface area contributed by atoms with Gasteiger partial charge in [-0.15, -0.1) is 0 Å². The summed E-state index contributed by atoms with van der Waals surface area (Å²) in [6, 6.07) is 15.6. The van der Waals surface area contributed by atoms with Gasteiger partial charge in [-0.2, -0.15) is 0 Å². The van der Waals surface area contributed by atoms with E-state index in [2.05, 4.69) is 28.0 Å². The molecule has 2 heterocycles. The predicted octanol–water partition coefficient (Wildman–Crippen LogP) is 3.93. The van der Waals surface area contributed by atoms with Crippen LogP contribution >= 0.6 is 0 Å². The number of carboxylic acids is 1. The molecule has 1 amide bonds. The fourth-order valence-corrected chi connectivity index (χ4v) is 5.67. The van der Waals surface area contributed by atoms with Crippen molar-refractivity contribution in [2.45, 2.75) is 45.5 Å². The fourth-order valence-electron chi connectivity index (χ4n) is 5.67. The number of aromatic carboxylic acids is 1. The quantitative estimate of drug-likeness (QED) is 0.327. The van der Waals surface area contributed by atoms with Crippen LogP contribution in [0.15, 0.2) is 54.6 Å². The molecule has 0 radical (unpaired) electrons. The topological polar surface area (TPSA) is 125 Å². The lowest BCUT2D eigenvalue weighted by Gasteiger charge is -2.35. The van der Waals surface area contributed by atoms with Crippen LogP contribution in [0.4, 0.5) is 0 Å². The van der Waals surface area contributed by atoms with Crippen LogP contribution in [-0.4, -0.2) is 79.7 Å². The number of benzene rings is 3. The van der Waals surface area contributed by atoms with Crippen molar-refractivity contribution in [2.24, 2.45) is 0 Å². The summed E-state index contributed by atoms with van der Waals surface area (Å²) in [5, 5.41) is 40.2. The summed E-state index contributed by atoms with van der Waals surface area (Å²) < 4.78 is 0. The summed E-state index contributed by atoms with van der Waals surface area (Å²) in [6.07, 6.45) is -0.674. The minimum absolute atomic E-state index is 0.00677. The molecule has 1 saturated heterocycles. The van der Waals surface area contributed by atoms with E-state index in [1.165, 1.54) is 23.8 Å². The van der Waals surface area contributed by atoms with Crippen LogP contribution in [-0.2, 0) is 19.6 Å². The van der Waals surface area contributed by atoms with Gasteiger partial charge in [0.05, 0.1) is 17.2 Å². The number of carboxylic acid groups (broad SMARTS) is 1. The Morgan fingerprint density at radius 2 is 1.49 bits per heavy atom. The molecule has 1 atom stereocenters. The number of carbonyl (C=O) groups excluding carboxylic acids is 1. The van der Waals surface area contributed by atoms with Gasteiger partial charge in [-0.25, -0.2) is 4.79 Å². The number of hydrogen-bond acceptors (Lipinski definition) is 7. The van der Waals surface area contributed by atoms with Crippen LogP contribution in [0.1, 0.15) is 74.4 Å². The van der Waals surface area contributed by atoms with Gasteiger partial charge in [0.15, 0.2) is 0 Å². The Morgan fingerprint density at radius 3 is 2.15 bits per heavy atom. The zero-order valence-electron chi connectivity index (χ0n) is 23.5. The molecular weight excluding hydrogens is 522 g/mol. The fraction of sp³-hybridized carbons (Fsp3) is 0.375. The molecule has 9 nitrogen and oxygen atoms in total. The molecule has 0 bridgehead atoms. The number of hydrogen-bond donors (Lipinski definition) is 4. The standard InChI is InChI=1S/C32H37N3O6/c1-20(2)26-14-27(29(37)15-28(26)36)31(39)35-17-24-4-3-21(13-25(24)18-35)16-33-9-11-34(12-10-33)19-30(38)22-5-7-23(8-6-22)32(40)41/h3-8,13-15,20,30,36-38H,9-12,16-19H2,1-2H3,(H,40,41). The summed E-state index contributed by atoms with van der Waals surface area (Å²) in [4.78, 5) is 30.7. The largest absolute Gasteiger partial charge is 0.508 e. The molecule has 0 aliphatic carbocycles. The van der Waals surface area contributed by atoms with Crippen molar-refractivity contribution in [3.8, 4) is 11.5 Å². The Morgan fingerprint density at radius 1 is 0.829 bits per heavy atom. The Bertz CT molecular complexity index is 1430. The van der Waals surface area contributed by atoms with Gasteiger partial charge in [-0.3, -0.25) is 14.6 Å². The van der Waals surface area contributed by atoms with Gasteiger partial charge in [-0.05, 0) is 51.9 Å². The molecule has 0 spiro atoms. The molecule has 2 aliphatic rings. The second-order valence-corrected chi connectivity index (χ2v) is 11.4. The second kappa shape index (κ2) is 11.9. The third-order valence-electron chi connectivity index (χ3n) is 8.12. The molecule has 4 N–H and O–H groups in total. The van der Waals surface area contributed by atoms with Crippen LogP contribution in [0.2, 0.25) is 0 Å². The Balaban J connectivity index is 1.14. The molecule has 216 valence electrons. The van der Waals surface area contributed by atoms with Crippen LogP contribution in [0.3, 0.4) is 0 Å². The average molecular weight is 560 g/mol. The highest BCUT2D eigenvalue weighted by molar-refractivity contribution is 5.97. The summed E-state index contributed by atoms with van der Waals surface area (Å²) in [7, 11) is 0. The Kier molecular flexibility index (Phi) is 8.30. The van der Waals surface area contributed by atoms with Crippen molar-refractivity contribution in [1.82, 2.24) is 14.7 Å². The lowest BCUT2D eigenvalue weighted by Crippen LogP contribution is -2.47. The highest BCUT2D eigenvalue weighted by Gasteiger charge is 2.28. The normalized spacial score (nSPS) is 16.6. The summed E-state index contributed by atoms with van der Waals surface area (Å²) in [6.45, 7) is 9.49. The Hall–Kier alpha value is -3.92. The van der Waals surface area contributed by atoms with Crippen molar-refractivity contribution in [3.05, 3.63) is 93.5 Å². The average Bonchev–Trinajstić information content (AvgIpc) is 3.37. The molecular formula is C32H37N3O6. The maximum atomic E-state index is 13.3. The molecule has 0 saturated carbocycles.